The van der Waals surface area contributed by atoms with Gasteiger partial charge in [-0.15, -0.1) is 0 Å². The Morgan fingerprint density at radius 3 is 2.47 bits per heavy atom. The molecule has 1 atom stereocenters. The molecular weight excluding hydrogens is 437 g/mol. The van der Waals surface area contributed by atoms with Crippen molar-refractivity contribution in [2.24, 2.45) is 0 Å². The number of nitrogens with zero attached hydrogens (tertiary/aromatic N) is 2. The summed E-state index contributed by atoms with van der Waals surface area (Å²) in [5, 5.41) is 2.82. The van der Waals surface area contributed by atoms with Crippen LogP contribution in [0.3, 0.4) is 0 Å². The predicted molar refractivity (Wildman–Crippen MR) is 124 cm³/mol. The summed E-state index contributed by atoms with van der Waals surface area (Å²) in [5.74, 6) is -0.670. The van der Waals surface area contributed by atoms with Crippen molar-refractivity contribution in [3.05, 3.63) is 101 Å². The van der Waals surface area contributed by atoms with Gasteiger partial charge in [0.25, 0.3) is 5.91 Å². The van der Waals surface area contributed by atoms with E-state index >= 15 is 0 Å². The third kappa shape index (κ3) is 5.58. The lowest BCUT2D eigenvalue weighted by Gasteiger charge is -2.18. The highest BCUT2D eigenvalue weighted by Gasteiger charge is 2.20. The summed E-state index contributed by atoms with van der Waals surface area (Å²) in [5.41, 5.74) is 3.77. The first kappa shape index (κ1) is 23.0. The lowest BCUT2D eigenvalue weighted by atomic mass is 10.0. The maximum absolute atomic E-state index is 13.3. The quantitative estimate of drug-likeness (QED) is 0.394. The standard InChI is InChI=1S/C26H24FN3O4/c1-17-3-12-24-28-21(15-30(24)14-17)16-34-22-10-6-19(7-11-22)26(32)29-23(13-25(31)33-2)18-4-8-20(27)9-5-18/h3-12,14-15,23H,13,16H2,1-2H3,(H,29,32). The molecule has 1 N–H and O–H groups in total. The summed E-state index contributed by atoms with van der Waals surface area (Å²) in [6, 6.07) is 15.6. The summed E-state index contributed by atoms with van der Waals surface area (Å²) >= 11 is 0. The number of benzene rings is 2. The van der Waals surface area contributed by atoms with Gasteiger partial charge in [-0.1, -0.05) is 18.2 Å². The van der Waals surface area contributed by atoms with Crippen molar-refractivity contribution in [3.63, 3.8) is 0 Å². The third-order valence-electron chi connectivity index (χ3n) is 5.33. The van der Waals surface area contributed by atoms with Gasteiger partial charge in [0.2, 0.25) is 0 Å². The number of ether oxygens (including phenoxy) is 2. The molecule has 4 aromatic rings. The first-order valence-corrected chi connectivity index (χ1v) is 10.7. The maximum atomic E-state index is 13.3. The zero-order chi connectivity index (χ0) is 24.1. The number of esters is 1. The summed E-state index contributed by atoms with van der Waals surface area (Å²) < 4.78 is 25.8. The molecule has 0 radical (unpaired) electrons. The van der Waals surface area contributed by atoms with Crippen LogP contribution in [-0.4, -0.2) is 28.4 Å². The van der Waals surface area contributed by atoms with Gasteiger partial charge in [0.1, 0.15) is 23.8 Å². The number of imidazole rings is 1. The minimum Gasteiger partial charge on any atom is -0.487 e. The average molecular weight is 461 g/mol. The molecular formula is C26H24FN3O4. The van der Waals surface area contributed by atoms with E-state index in [2.05, 4.69) is 10.3 Å². The zero-order valence-electron chi connectivity index (χ0n) is 18.8. The molecule has 0 spiro atoms. The summed E-state index contributed by atoms with van der Waals surface area (Å²) in [4.78, 5) is 29.1. The zero-order valence-corrected chi connectivity index (χ0v) is 18.8. The largest absolute Gasteiger partial charge is 0.487 e. The van der Waals surface area contributed by atoms with Gasteiger partial charge >= 0.3 is 5.97 Å². The van der Waals surface area contributed by atoms with E-state index in [0.29, 0.717) is 16.9 Å². The Bertz CT molecular complexity index is 1300. The Hall–Kier alpha value is -4.20. The molecule has 34 heavy (non-hydrogen) atoms. The lowest BCUT2D eigenvalue weighted by molar-refractivity contribution is -0.141. The second-order valence-corrected chi connectivity index (χ2v) is 7.88. The van der Waals surface area contributed by atoms with Crippen LogP contribution in [0, 0.1) is 12.7 Å². The minimum absolute atomic E-state index is 0.0758. The number of halogens is 1. The van der Waals surface area contributed by atoms with Crippen LogP contribution in [-0.2, 0) is 16.1 Å². The first-order chi connectivity index (χ1) is 16.4. The topological polar surface area (TPSA) is 81.9 Å². The number of hydrogen-bond donors (Lipinski definition) is 1. The molecule has 2 aromatic carbocycles. The second kappa shape index (κ2) is 10.2. The van der Waals surface area contributed by atoms with E-state index in [0.717, 1.165) is 16.9 Å². The van der Waals surface area contributed by atoms with Gasteiger partial charge in [0.15, 0.2) is 0 Å². The lowest BCUT2D eigenvalue weighted by Crippen LogP contribution is -2.30. The van der Waals surface area contributed by atoms with Crippen LogP contribution in [0.15, 0.2) is 73.1 Å². The fraction of sp³-hybridized carbons (Fsp3) is 0.192. The van der Waals surface area contributed by atoms with Gasteiger partial charge in [-0.2, -0.15) is 0 Å². The van der Waals surface area contributed by atoms with Gasteiger partial charge in [0, 0.05) is 18.0 Å². The molecule has 0 aliphatic heterocycles. The van der Waals surface area contributed by atoms with Crippen LogP contribution in [0.25, 0.3) is 5.65 Å². The number of amides is 1. The Morgan fingerprint density at radius 1 is 1.03 bits per heavy atom. The number of nitrogens with one attached hydrogen (secondary N) is 1. The molecule has 174 valence electrons. The van der Waals surface area contributed by atoms with Crippen molar-refractivity contribution in [1.82, 2.24) is 14.7 Å². The normalized spacial score (nSPS) is 11.7. The predicted octanol–water partition coefficient (Wildman–Crippen LogP) is 4.40. The number of aromatic nitrogens is 2. The van der Waals surface area contributed by atoms with Crippen LogP contribution < -0.4 is 10.1 Å². The van der Waals surface area contributed by atoms with E-state index < -0.39 is 17.8 Å². The average Bonchev–Trinajstić information content (AvgIpc) is 3.25. The molecule has 2 aromatic heterocycles. The highest BCUT2D eigenvalue weighted by atomic mass is 19.1. The second-order valence-electron chi connectivity index (χ2n) is 7.88. The molecule has 0 fully saturated rings. The molecule has 0 aliphatic rings. The van der Waals surface area contributed by atoms with E-state index in [9.17, 15) is 14.0 Å². The number of aryl methyl sites for hydroxylation is 1. The van der Waals surface area contributed by atoms with Crippen molar-refractivity contribution >= 4 is 17.5 Å². The maximum Gasteiger partial charge on any atom is 0.307 e. The number of methoxy groups -OCH3 is 1. The van der Waals surface area contributed by atoms with Crippen molar-refractivity contribution in [2.75, 3.05) is 7.11 Å². The van der Waals surface area contributed by atoms with Crippen molar-refractivity contribution < 1.29 is 23.5 Å². The van der Waals surface area contributed by atoms with E-state index in [-0.39, 0.29) is 18.9 Å². The van der Waals surface area contributed by atoms with E-state index in [1.54, 1.807) is 24.3 Å². The van der Waals surface area contributed by atoms with Crippen LogP contribution in [0.2, 0.25) is 0 Å². The highest BCUT2D eigenvalue weighted by Crippen LogP contribution is 2.20. The van der Waals surface area contributed by atoms with E-state index in [1.165, 1.54) is 31.4 Å². The number of hydrogen-bond acceptors (Lipinski definition) is 5. The molecule has 0 aliphatic carbocycles. The van der Waals surface area contributed by atoms with Crippen molar-refractivity contribution in [2.45, 2.75) is 26.0 Å². The van der Waals surface area contributed by atoms with Crippen molar-refractivity contribution in [1.29, 1.82) is 0 Å². The Kier molecular flexibility index (Phi) is 6.87. The summed E-state index contributed by atoms with van der Waals surface area (Å²) in [7, 11) is 1.28. The van der Waals surface area contributed by atoms with Gasteiger partial charge < -0.3 is 19.2 Å². The highest BCUT2D eigenvalue weighted by molar-refractivity contribution is 5.94. The smallest absolute Gasteiger partial charge is 0.307 e. The van der Waals surface area contributed by atoms with Gasteiger partial charge in [-0.05, 0) is 60.5 Å². The van der Waals surface area contributed by atoms with Crippen LogP contribution in [0.1, 0.15) is 39.6 Å². The number of fused-ring (bicyclic) bond motifs is 1. The van der Waals surface area contributed by atoms with Gasteiger partial charge in [-0.3, -0.25) is 9.59 Å². The molecule has 2 heterocycles. The van der Waals surface area contributed by atoms with Crippen LogP contribution in [0.5, 0.6) is 5.75 Å². The van der Waals surface area contributed by atoms with E-state index in [4.69, 9.17) is 9.47 Å². The molecule has 1 amide bonds. The number of carbonyl (C=O) groups is 2. The Labute approximate surface area is 196 Å². The molecule has 0 saturated heterocycles. The number of pyridine rings is 1. The number of rotatable bonds is 8. The Morgan fingerprint density at radius 2 is 1.76 bits per heavy atom. The van der Waals surface area contributed by atoms with Crippen LogP contribution >= 0.6 is 0 Å². The van der Waals surface area contributed by atoms with Crippen LogP contribution in [0.4, 0.5) is 4.39 Å². The minimum atomic E-state index is -0.657. The molecule has 4 rings (SSSR count). The number of carbonyl (C=O) groups excluding carboxylic acids is 2. The molecule has 1 unspecified atom stereocenters. The molecule has 0 saturated carbocycles. The van der Waals surface area contributed by atoms with E-state index in [1.807, 2.05) is 35.9 Å². The third-order valence-corrected chi connectivity index (χ3v) is 5.33. The van der Waals surface area contributed by atoms with Gasteiger partial charge in [-0.25, -0.2) is 9.37 Å². The Balaban J connectivity index is 1.40. The molecule has 7 nitrogen and oxygen atoms in total. The summed E-state index contributed by atoms with van der Waals surface area (Å²) in [6.45, 7) is 2.31. The summed E-state index contributed by atoms with van der Waals surface area (Å²) in [6.07, 6.45) is 3.84. The fourth-order valence-electron chi connectivity index (χ4n) is 3.52. The van der Waals surface area contributed by atoms with Gasteiger partial charge in [0.05, 0.1) is 25.3 Å². The monoisotopic (exact) mass is 461 g/mol. The SMILES string of the molecule is COC(=O)CC(NC(=O)c1ccc(OCc2cn3cc(C)ccc3n2)cc1)c1ccc(F)cc1. The molecule has 8 heteroatoms. The van der Waals surface area contributed by atoms with Crippen molar-refractivity contribution in [3.8, 4) is 5.75 Å². The first-order valence-electron chi connectivity index (χ1n) is 10.7. The fourth-order valence-corrected chi connectivity index (χ4v) is 3.52. The molecule has 0 bridgehead atoms.